The van der Waals surface area contributed by atoms with Crippen molar-refractivity contribution in [1.82, 2.24) is 35.0 Å². The third-order valence-electron chi connectivity index (χ3n) is 9.74. The molecular weight excluding hydrogens is 662 g/mol. The molecule has 13 nitrogen and oxygen atoms in total. The molecule has 13 heteroatoms. The summed E-state index contributed by atoms with van der Waals surface area (Å²) in [5, 5.41) is 11.2. The Labute approximate surface area is 306 Å². The van der Waals surface area contributed by atoms with Gasteiger partial charge in [0, 0.05) is 27.2 Å². The van der Waals surface area contributed by atoms with Crippen LogP contribution in [-0.2, 0) is 34.0 Å². The van der Waals surface area contributed by atoms with Gasteiger partial charge in [-0.05, 0) is 73.8 Å². The normalized spacial score (nSPS) is 21.5. The molecule has 2 aromatic carbocycles. The minimum Gasteiger partial charge on any atom is -0.492 e. The molecule has 2 bridgehead atoms. The minimum atomic E-state index is -0.864. The number of hydrogen-bond acceptors (Lipinski definition) is 8. The Morgan fingerprint density at radius 3 is 2.31 bits per heavy atom. The molecule has 4 heterocycles. The van der Waals surface area contributed by atoms with E-state index in [4.69, 9.17) is 9.47 Å². The molecule has 0 radical (unpaired) electrons. The number of ether oxygens (including phenoxy) is 2. The minimum absolute atomic E-state index is 0.0821. The average Bonchev–Trinajstić information content (AvgIpc) is 3.80. The van der Waals surface area contributed by atoms with Gasteiger partial charge >= 0.3 is 0 Å². The Morgan fingerprint density at radius 1 is 0.846 bits per heavy atom. The summed E-state index contributed by atoms with van der Waals surface area (Å²) in [5.41, 5.74) is 2.04. The van der Waals surface area contributed by atoms with Crippen LogP contribution in [0.4, 0.5) is 0 Å². The monoisotopic (exact) mass is 715 g/mol. The SMILES string of the molecule is CC(C)C[C@H]1NC(=O)c2ccccc2OCc2cnnn2CCOc2ccc(cc2)CCN(C)C(=O)[C@H](CC(C)C)N(C)C(=O)[C@H]2CCCN2C1=O. The van der Waals surface area contributed by atoms with Crippen molar-refractivity contribution < 1.29 is 28.7 Å². The number of likely N-dealkylation sites (N-methyl/N-ethyl adjacent to an activating group) is 2. The number of fused-ring (bicyclic) bond motifs is 14. The Morgan fingerprint density at radius 2 is 1.58 bits per heavy atom. The summed E-state index contributed by atoms with van der Waals surface area (Å²) < 4.78 is 13.8. The molecule has 0 aliphatic carbocycles. The zero-order valence-electron chi connectivity index (χ0n) is 31.3. The van der Waals surface area contributed by atoms with Gasteiger partial charge in [-0.3, -0.25) is 19.2 Å². The van der Waals surface area contributed by atoms with E-state index in [1.807, 2.05) is 52.0 Å². The van der Waals surface area contributed by atoms with Crippen molar-refractivity contribution in [2.24, 2.45) is 11.8 Å². The zero-order chi connectivity index (χ0) is 37.4. The van der Waals surface area contributed by atoms with Crippen molar-refractivity contribution >= 4 is 23.6 Å². The number of nitrogens with one attached hydrogen (secondary N) is 1. The van der Waals surface area contributed by atoms with Crippen molar-refractivity contribution in [3.05, 3.63) is 71.5 Å². The van der Waals surface area contributed by atoms with Crippen molar-refractivity contribution in [1.29, 1.82) is 0 Å². The fourth-order valence-electron chi connectivity index (χ4n) is 6.85. The Hall–Kier alpha value is -4.94. The van der Waals surface area contributed by atoms with E-state index in [2.05, 4.69) is 15.6 Å². The first-order valence-electron chi connectivity index (χ1n) is 18.4. The molecule has 1 fully saturated rings. The average molecular weight is 716 g/mol. The third-order valence-corrected chi connectivity index (χ3v) is 9.74. The van der Waals surface area contributed by atoms with Gasteiger partial charge < -0.3 is 29.5 Å². The standard InChI is InChI=1S/C39H53N7O6/c1-26(2)22-32-37(48)45-18-9-11-33(45)39(50)44(6)34(23-27(3)4)38(49)43(5)19-17-28-13-15-30(16-14-28)51-21-20-46-29(24-40-42-46)25-52-35-12-8-7-10-31(35)36(47)41-32/h7-8,10,12-16,24,26-27,32-34H,9,11,17-23,25H2,1-6H3,(H,41,47)/t32-,33-,34+/m1/s1. The van der Waals surface area contributed by atoms with Gasteiger partial charge in [0.1, 0.15) is 42.8 Å². The van der Waals surface area contributed by atoms with Crippen LogP contribution in [0.25, 0.3) is 0 Å². The number of hydrogen-bond donors (Lipinski definition) is 1. The van der Waals surface area contributed by atoms with Crippen LogP contribution in [0.1, 0.15) is 75.0 Å². The van der Waals surface area contributed by atoms with Crippen LogP contribution in [-0.4, -0.2) is 105 Å². The van der Waals surface area contributed by atoms with E-state index in [0.717, 1.165) is 5.56 Å². The second kappa shape index (κ2) is 17.5. The van der Waals surface area contributed by atoms with Crippen molar-refractivity contribution in [3.8, 4) is 11.5 Å². The predicted octanol–water partition coefficient (Wildman–Crippen LogP) is 3.96. The number of aromatic nitrogens is 3. The van der Waals surface area contributed by atoms with E-state index in [9.17, 15) is 19.2 Å². The Kier molecular flexibility index (Phi) is 12.9. The first kappa shape index (κ1) is 38.3. The molecule has 52 heavy (non-hydrogen) atoms. The summed E-state index contributed by atoms with van der Waals surface area (Å²) >= 11 is 0. The van der Waals surface area contributed by atoms with Crippen LogP contribution in [0, 0.1) is 11.8 Å². The van der Waals surface area contributed by atoms with Crippen LogP contribution >= 0.6 is 0 Å². The maximum atomic E-state index is 14.3. The third kappa shape index (κ3) is 9.48. The van der Waals surface area contributed by atoms with E-state index in [1.165, 1.54) is 4.90 Å². The maximum absolute atomic E-state index is 14.3. The fraction of sp³-hybridized carbons (Fsp3) is 0.538. The van der Waals surface area contributed by atoms with Gasteiger partial charge in [0.25, 0.3) is 5.91 Å². The topological polar surface area (TPSA) is 139 Å². The lowest BCUT2D eigenvalue weighted by Gasteiger charge is -2.36. The molecule has 0 spiro atoms. The quantitative estimate of drug-likeness (QED) is 0.429. The molecule has 3 aliphatic heterocycles. The van der Waals surface area contributed by atoms with Crippen LogP contribution in [0.15, 0.2) is 54.7 Å². The smallest absolute Gasteiger partial charge is 0.255 e. The van der Waals surface area contributed by atoms with E-state index in [1.54, 1.807) is 59.0 Å². The highest BCUT2D eigenvalue weighted by Gasteiger charge is 2.41. The summed E-state index contributed by atoms with van der Waals surface area (Å²) in [5.74, 6) is 0.129. The second-order valence-electron chi connectivity index (χ2n) is 14.7. The van der Waals surface area contributed by atoms with Crippen LogP contribution in [0.2, 0.25) is 0 Å². The van der Waals surface area contributed by atoms with E-state index < -0.39 is 24.0 Å². The number of nitrogens with zero attached hydrogens (tertiary/aromatic N) is 6. The van der Waals surface area contributed by atoms with E-state index >= 15 is 0 Å². The Bertz CT molecular complexity index is 1690. The van der Waals surface area contributed by atoms with Crippen molar-refractivity contribution in [2.45, 2.75) is 91.1 Å². The number of amides is 4. The maximum Gasteiger partial charge on any atom is 0.255 e. The van der Waals surface area contributed by atoms with Gasteiger partial charge in [0.15, 0.2) is 0 Å². The van der Waals surface area contributed by atoms with Gasteiger partial charge in [-0.2, -0.15) is 0 Å². The molecule has 1 saturated heterocycles. The molecule has 3 atom stereocenters. The van der Waals surface area contributed by atoms with E-state index in [-0.39, 0.29) is 41.7 Å². The lowest BCUT2D eigenvalue weighted by atomic mass is 9.99. The number of para-hydroxylation sites is 1. The summed E-state index contributed by atoms with van der Waals surface area (Å²) in [6.45, 7) is 9.79. The zero-order valence-corrected chi connectivity index (χ0v) is 31.3. The summed E-state index contributed by atoms with van der Waals surface area (Å²) in [7, 11) is 3.44. The largest absolute Gasteiger partial charge is 0.492 e. The van der Waals surface area contributed by atoms with Gasteiger partial charge in [-0.1, -0.05) is 57.2 Å². The van der Waals surface area contributed by atoms with Crippen molar-refractivity contribution in [2.75, 3.05) is 33.8 Å². The number of rotatable bonds is 4. The molecule has 0 saturated carbocycles. The predicted molar refractivity (Wildman–Crippen MR) is 196 cm³/mol. The number of benzene rings is 2. The summed E-state index contributed by atoms with van der Waals surface area (Å²) in [6, 6.07) is 12.4. The van der Waals surface area contributed by atoms with Gasteiger partial charge in [0.2, 0.25) is 17.7 Å². The van der Waals surface area contributed by atoms with Gasteiger partial charge in [-0.25, -0.2) is 4.68 Å². The molecule has 3 aromatic rings. The van der Waals surface area contributed by atoms with E-state index in [0.29, 0.717) is 75.5 Å². The molecule has 0 unspecified atom stereocenters. The highest BCUT2D eigenvalue weighted by atomic mass is 16.5. The fourth-order valence-corrected chi connectivity index (χ4v) is 6.85. The first-order chi connectivity index (χ1) is 24.9. The molecule has 280 valence electrons. The van der Waals surface area contributed by atoms with Crippen LogP contribution < -0.4 is 14.8 Å². The molecule has 6 rings (SSSR count). The van der Waals surface area contributed by atoms with Gasteiger partial charge in [-0.15, -0.1) is 5.10 Å². The van der Waals surface area contributed by atoms with Gasteiger partial charge in [0.05, 0.1) is 24.0 Å². The highest BCUT2D eigenvalue weighted by Crippen LogP contribution is 2.26. The number of carbonyl (C=O) groups excluding carboxylic acids is 4. The van der Waals surface area contributed by atoms with Crippen LogP contribution in [0.3, 0.4) is 0 Å². The molecule has 3 aliphatic rings. The number of carbonyl (C=O) groups is 4. The van der Waals surface area contributed by atoms with Crippen LogP contribution in [0.5, 0.6) is 11.5 Å². The molecule has 4 amide bonds. The Balaban J connectivity index is 1.45. The second-order valence-corrected chi connectivity index (χ2v) is 14.7. The highest BCUT2D eigenvalue weighted by molar-refractivity contribution is 6.00. The molecule has 1 aromatic heterocycles. The lowest BCUT2D eigenvalue weighted by Crippen LogP contribution is -2.57. The van der Waals surface area contributed by atoms with Crippen molar-refractivity contribution in [3.63, 3.8) is 0 Å². The first-order valence-corrected chi connectivity index (χ1v) is 18.4. The lowest BCUT2D eigenvalue weighted by molar-refractivity contribution is -0.150. The summed E-state index contributed by atoms with van der Waals surface area (Å²) in [6.07, 6.45) is 4.25. The summed E-state index contributed by atoms with van der Waals surface area (Å²) in [4.78, 5) is 61.1. The molecule has 1 N–H and O–H groups in total. The molecular formula is C39H53N7O6.